The van der Waals surface area contributed by atoms with Crippen LogP contribution in [0.15, 0.2) is 11.6 Å². The summed E-state index contributed by atoms with van der Waals surface area (Å²) in [6, 6.07) is 0. The molecule has 1 aliphatic carbocycles. The van der Waals surface area contributed by atoms with Crippen LogP contribution < -0.4 is 11.1 Å². The fourth-order valence-electron chi connectivity index (χ4n) is 2.29. The van der Waals surface area contributed by atoms with Gasteiger partial charge in [-0.25, -0.2) is 0 Å². The molecular formula is C14H26N2O. The summed E-state index contributed by atoms with van der Waals surface area (Å²) in [7, 11) is 0. The molecule has 0 saturated heterocycles. The van der Waals surface area contributed by atoms with E-state index in [1.54, 1.807) is 0 Å². The number of allylic oxidation sites excluding steroid dienone is 1. The fraction of sp³-hybridized carbons (Fsp3) is 0.786. The lowest BCUT2D eigenvalue weighted by atomic mass is 9.94. The maximum Gasteiger partial charge on any atom is 0.224 e. The molecule has 1 rings (SSSR count). The first-order chi connectivity index (χ1) is 8.15. The van der Waals surface area contributed by atoms with E-state index in [1.165, 1.54) is 31.3 Å². The molecule has 17 heavy (non-hydrogen) atoms. The van der Waals surface area contributed by atoms with Crippen LogP contribution in [0, 0.1) is 11.8 Å². The number of rotatable bonds is 6. The number of nitrogens with two attached hydrogens (primary N) is 1. The highest BCUT2D eigenvalue weighted by atomic mass is 16.1. The molecule has 1 unspecified atom stereocenters. The van der Waals surface area contributed by atoms with E-state index >= 15 is 0 Å². The first-order valence-corrected chi connectivity index (χ1v) is 6.80. The van der Waals surface area contributed by atoms with Crippen LogP contribution in [0.4, 0.5) is 0 Å². The molecule has 0 bridgehead atoms. The van der Waals surface area contributed by atoms with Crippen molar-refractivity contribution >= 4 is 5.91 Å². The van der Waals surface area contributed by atoms with E-state index in [9.17, 15) is 4.79 Å². The third-order valence-corrected chi connectivity index (χ3v) is 3.53. The number of nitrogens with one attached hydrogen (secondary N) is 1. The Labute approximate surface area is 105 Å². The summed E-state index contributed by atoms with van der Waals surface area (Å²) < 4.78 is 0. The van der Waals surface area contributed by atoms with Gasteiger partial charge in [-0.1, -0.05) is 25.5 Å². The van der Waals surface area contributed by atoms with E-state index in [4.69, 9.17) is 5.73 Å². The maximum absolute atomic E-state index is 11.8. The van der Waals surface area contributed by atoms with Crippen molar-refractivity contribution in [1.29, 1.82) is 0 Å². The van der Waals surface area contributed by atoms with E-state index < -0.39 is 0 Å². The zero-order chi connectivity index (χ0) is 12.7. The van der Waals surface area contributed by atoms with Gasteiger partial charge >= 0.3 is 0 Å². The molecule has 3 heteroatoms. The monoisotopic (exact) mass is 238 g/mol. The molecular weight excluding hydrogens is 212 g/mol. The van der Waals surface area contributed by atoms with E-state index in [0.29, 0.717) is 12.5 Å². The Kier molecular flexibility index (Phi) is 6.27. The van der Waals surface area contributed by atoms with Crippen LogP contribution in [-0.2, 0) is 4.79 Å². The third kappa shape index (κ3) is 4.90. The van der Waals surface area contributed by atoms with Crippen LogP contribution in [0.3, 0.4) is 0 Å². The van der Waals surface area contributed by atoms with Crippen LogP contribution in [0.2, 0.25) is 0 Å². The zero-order valence-corrected chi connectivity index (χ0v) is 11.2. The normalized spacial score (nSPS) is 17.8. The van der Waals surface area contributed by atoms with E-state index in [-0.39, 0.29) is 11.8 Å². The highest BCUT2D eigenvalue weighted by molar-refractivity contribution is 5.79. The van der Waals surface area contributed by atoms with Gasteiger partial charge in [0.1, 0.15) is 0 Å². The molecule has 0 spiro atoms. The molecule has 3 N–H and O–H groups in total. The molecule has 1 aliphatic rings. The van der Waals surface area contributed by atoms with Crippen molar-refractivity contribution in [2.75, 3.05) is 13.1 Å². The Balaban J connectivity index is 2.25. The summed E-state index contributed by atoms with van der Waals surface area (Å²) in [5.41, 5.74) is 7.12. The number of amides is 1. The lowest BCUT2D eigenvalue weighted by Gasteiger charge is -2.19. The van der Waals surface area contributed by atoms with Gasteiger partial charge in [0.15, 0.2) is 0 Å². The number of carbonyl (C=O) groups excluding carboxylic acids is 1. The van der Waals surface area contributed by atoms with Crippen molar-refractivity contribution < 1.29 is 4.79 Å². The van der Waals surface area contributed by atoms with Crippen LogP contribution in [-0.4, -0.2) is 19.0 Å². The highest BCUT2D eigenvalue weighted by Crippen LogP contribution is 2.19. The van der Waals surface area contributed by atoms with Gasteiger partial charge in [0, 0.05) is 13.1 Å². The van der Waals surface area contributed by atoms with E-state index in [0.717, 1.165) is 13.0 Å². The van der Waals surface area contributed by atoms with E-state index in [1.807, 2.05) is 13.8 Å². The second kappa shape index (κ2) is 7.49. The molecule has 0 heterocycles. The molecule has 0 aliphatic heterocycles. The van der Waals surface area contributed by atoms with Crippen LogP contribution >= 0.6 is 0 Å². The third-order valence-electron chi connectivity index (χ3n) is 3.53. The van der Waals surface area contributed by atoms with Crippen LogP contribution in [0.5, 0.6) is 0 Å². The number of hydrogen-bond donors (Lipinski definition) is 2. The summed E-state index contributed by atoms with van der Waals surface area (Å²) in [4.78, 5) is 11.8. The summed E-state index contributed by atoms with van der Waals surface area (Å²) >= 11 is 0. The minimum absolute atomic E-state index is 0.0460. The highest BCUT2D eigenvalue weighted by Gasteiger charge is 2.19. The van der Waals surface area contributed by atoms with Crippen molar-refractivity contribution in [3.8, 4) is 0 Å². The molecule has 1 amide bonds. The number of hydrogen-bond acceptors (Lipinski definition) is 2. The van der Waals surface area contributed by atoms with Crippen molar-refractivity contribution in [2.24, 2.45) is 17.6 Å². The van der Waals surface area contributed by atoms with Crippen molar-refractivity contribution in [2.45, 2.75) is 46.0 Å². The Morgan fingerprint density at radius 1 is 1.47 bits per heavy atom. The lowest BCUT2D eigenvalue weighted by Crippen LogP contribution is -2.38. The SMILES string of the molecule is CC(C)C(CN)C(=O)NCCC1=CCCCC1. The van der Waals surface area contributed by atoms with Gasteiger partial charge in [0.25, 0.3) is 0 Å². The van der Waals surface area contributed by atoms with Gasteiger partial charge in [-0.05, 0) is 38.0 Å². The average molecular weight is 238 g/mol. The van der Waals surface area contributed by atoms with Crippen molar-refractivity contribution in [3.63, 3.8) is 0 Å². The maximum atomic E-state index is 11.8. The standard InChI is InChI=1S/C14H26N2O/c1-11(2)13(10-15)14(17)16-9-8-12-6-4-3-5-7-12/h6,11,13H,3-5,7-10,15H2,1-2H3,(H,16,17). The van der Waals surface area contributed by atoms with Gasteiger partial charge in [0.05, 0.1) is 5.92 Å². The molecule has 0 aromatic heterocycles. The first kappa shape index (κ1) is 14.2. The Hall–Kier alpha value is -0.830. The van der Waals surface area contributed by atoms with Crippen molar-refractivity contribution in [1.82, 2.24) is 5.32 Å². The van der Waals surface area contributed by atoms with Crippen LogP contribution in [0.1, 0.15) is 46.0 Å². The molecule has 1 atom stereocenters. The van der Waals surface area contributed by atoms with E-state index in [2.05, 4.69) is 11.4 Å². The molecule has 0 radical (unpaired) electrons. The smallest absolute Gasteiger partial charge is 0.224 e. The molecule has 0 aromatic carbocycles. The second-order valence-corrected chi connectivity index (χ2v) is 5.24. The molecule has 0 saturated carbocycles. The number of carbonyl (C=O) groups is 1. The topological polar surface area (TPSA) is 55.1 Å². The van der Waals surface area contributed by atoms with Gasteiger partial charge in [-0.15, -0.1) is 0 Å². The lowest BCUT2D eigenvalue weighted by molar-refractivity contribution is -0.125. The zero-order valence-electron chi connectivity index (χ0n) is 11.2. The predicted molar refractivity (Wildman–Crippen MR) is 71.6 cm³/mol. The van der Waals surface area contributed by atoms with Gasteiger partial charge < -0.3 is 11.1 Å². The molecule has 98 valence electrons. The summed E-state index contributed by atoms with van der Waals surface area (Å²) in [6.45, 7) is 5.28. The predicted octanol–water partition coefficient (Wildman–Crippen LogP) is 2.22. The second-order valence-electron chi connectivity index (χ2n) is 5.24. The Morgan fingerprint density at radius 2 is 2.24 bits per heavy atom. The van der Waals surface area contributed by atoms with Crippen LogP contribution in [0.25, 0.3) is 0 Å². The summed E-state index contributed by atoms with van der Waals surface area (Å²) in [5, 5.41) is 3.00. The summed E-state index contributed by atoms with van der Waals surface area (Å²) in [5.74, 6) is 0.378. The Morgan fingerprint density at radius 3 is 2.76 bits per heavy atom. The van der Waals surface area contributed by atoms with Gasteiger partial charge in [-0.3, -0.25) is 4.79 Å². The summed E-state index contributed by atoms with van der Waals surface area (Å²) in [6.07, 6.45) is 8.37. The van der Waals surface area contributed by atoms with Crippen molar-refractivity contribution in [3.05, 3.63) is 11.6 Å². The molecule has 0 aromatic rings. The molecule has 0 fully saturated rings. The van der Waals surface area contributed by atoms with Gasteiger partial charge in [0.2, 0.25) is 5.91 Å². The minimum atomic E-state index is -0.0460. The first-order valence-electron chi connectivity index (χ1n) is 6.80. The Bertz CT molecular complexity index is 271. The fourth-order valence-corrected chi connectivity index (χ4v) is 2.29. The van der Waals surface area contributed by atoms with Gasteiger partial charge in [-0.2, -0.15) is 0 Å². The average Bonchev–Trinajstić information content (AvgIpc) is 2.30. The quantitative estimate of drug-likeness (QED) is 0.697. The minimum Gasteiger partial charge on any atom is -0.355 e. The largest absolute Gasteiger partial charge is 0.355 e. The molecule has 3 nitrogen and oxygen atoms in total.